The summed E-state index contributed by atoms with van der Waals surface area (Å²) in [6.45, 7) is 0.851. The van der Waals surface area contributed by atoms with Crippen LogP contribution in [0.1, 0.15) is 5.56 Å². The monoisotopic (exact) mass is 223 g/mol. The molecule has 0 saturated carbocycles. The lowest BCUT2D eigenvalue weighted by Gasteiger charge is -2.07. The highest BCUT2D eigenvalue weighted by Gasteiger charge is 2.09. The highest BCUT2D eigenvalue weighted by atomic mass is 19.1. The number of H-pyrrole nitrogens is 2. The van der Waals surface area contributed by atoms with Crippen molar-refractivity contribution in [2.75, 3.05) is 20.6 Å². The van der Waals surface area contributed by atoms with E-state index in [0.717, 1.165) is 24.6 Å². The minimum Gasteiger partial charge on any atom is -0.347 e. The second kappa shape index (κ2) is 4.09. The molecule has 0 aromatic carbocycles. The van der Waals surface area contributed by atoms with Crippen LogP contribution in [0.15, 0.2) is 17.1 Å². The Hall–Kier alpha value is -1.62. The summed E-state index contributed by atoms with van der Waals surface area (Å²) in [5, 5.41) is 0.559. The van der Waals surface area contributed by atoms with Crippen LogP contribution >= 0.6 is 0 Å². The van der Waals surface area contributed by atoms with E-state index in [9.17, 15) is 9.18 Å². The normalized spacial score (nSPS) is 11.5. The van der Waals surface area contributed by atoms with Crippen LogP contribution in [0.4, 0.5) is 4.39 Å². The van der Waals surface area contributed by atoms with Gasteiger partial charge in [0, 0.05) is 18.8 Å². The molecule has 2 heterocycles. The van der Waals surface area contributed by atoms with E-state index < -0.39 is 5.95 Å². The quantitative estimate of drug-likeness (QED) is 0.765. The molecule has 0 amide bonds. The number of nitrogens with zero attached hydrogens (tertiary/aromatic N) is 1. The van der Waals surface area contributed by atoms with Gasteiger partial charge in [0.05, 0.1) is 5.39 Å². The van der Waals surface area contributed by atoms with E-state index in [0.29, 0.717) is 11.0 Å². The molecular formula is C11H14FN3O. The summed E-state index contributed by atoms with van der Waals surface area (Å²) in [7, 11) is 3.94. The van der Waals surface area contributed by atoms with E-state index in [1.165, 1.54) is 0 Å². The first-order valence-corrected chi connectivity index (χ1v) is 5.11. The Bertz CT molecular complexity index is 556. The number of aromatic nitrogens is 2. The topological polar surface area (TPSA) is 51.9 Å². The number of hydrogen-bond donors (Lipinski definition) is 2. The summed E-state index contributed by atoms with van der Waals surface area (Å²) in [6.07, 6.45) is 2.52. The van der Waals surface area contributed by atoms with Crippen LogP contribution in [0.2, 0.25) is 0 Å². The Morgan fingerprint density at radius 1 is 1.44 bits per heavy atom. The first-order chi connectivity index (χ1) is 7.58. The molecule has 0 saturated heterocycles. The summed E-state index contributed by atoms with van der Waals surface area (Å²) >= 11 is 0. The van der Waals surface area contributed by atoms with Gasteiger partial charge in [-0.3, -0.25) is 4.79 Å². The molecule has 2 aromatic heterocycles. The van der Waals surface area contributed by atoms with Crippen LogP contribution in [0.5, 0.6) is 0 Å². The van der Waals surface area contributed by atoms with Crippen molar-refractivity contribution in [3.8, 4) is 0 Å². The first kappa shape index (κ1) is 10.9. The molecule has 0 atom stereocenters. The Morgan fingerprint density at radius 2 is 2.19 bits per heavy atom. The third-order valence-corrected chi connectivity index (χ3v) is 2.54. The van der Waals surface area contributed by atoms with E-state index in [2.05, 4.69) is 9.97 Å². The molecular weight excluding hydrogens is 209 g/mol. The van der Waals surface area contributed by atoms with Crippen LogP contribution in [0.25, 0.3) is 11.0 Å². The fourth-order valence-corrected chi connectivity index (χ4v) is 1.73. The van der Waals surface area contributed by atoms with Crippen LogP contribution in [0.3, 0.4) is 0 Å². The predicted molar refractivity (Wildman–Crippen MR) is 61.1 cm³/mol. The summed E-state index contributed by atoms with van der Waals surface area (Å²) in [4.78, 5) is 19.1. The van der Waals surface area contributed by atoms with Crippen molar-refractivity contribution in [2.24, 2.45) is 0 Å². The summed E-state index contributed by atoms with van der Waals surface area (Å²) < 4.78 is 12.9. The van der Waals surface area contributed by atoms with Gasteiger partial charge >= 0.3 is 0 Å². The maximum atomic E-state index is 12.9. The molecule has 2 rings (SSSR count). The van der Waals surface area contributed by atoms with Crippen molar-refractivity contribution in [3.05, 3.63) is 34.0 Å². The fraction of sp³-hybridized carbons (Fsp3) is 0.364. The first-order valence-electron chi connectivity index (χ1n) is 5.11. The molecule has 0 bridgehead atoms. The number of nitrogens with one attached hydrogen (secondary N) is 2. The van der Waals surface area contributed by atoms with E-state index in [1.807, 2.05) is 19.0 Å². The second-order valence-corrected chi connectivity index (χ2v) is 4.10. The lowest BCUT2D eigenvalue weighted by Crippen LogP contribution is -2.15. The summed E-state index contributed by atoms with van der Waals surface area (Å²) in [5.41, 5.74) is 1.10. The molecule has 0 aliphatic carbocycles. The Labute approximate surface area is 92.1 Å². The van der Waals surface area contributed by atoms with E-state index in [1.54, 1.807) is 6.20 Å². The van der Waals surface area contributed by atoms with Crippen molar-refractivity contribution in [1.29, 1.82) is 0 Å². The lowest BCUT2D eigenvalue weighted by molar-refractivity contribution is 0.414. The largest absolute Gasteiger partial charge is 0.347 e. The zero-order valence-electron chi connectivity index (χ0n) is 9.30. The van der Waals surface area contributed by atoms with Crippen LogP contribution in [-0.4, -0.2) is 35.5 Å². The number of likely N-dealkylation sites (N-methyl/N-ethyl adjacent to an activating group) is 1. The zero-order valence-corrected chi connectivity index (χ0v) is 9.30. The van der Waals surface area contributed by atoms with Gasteiger partial charge in [-0.15, -0.1) is 0 Å². The van der Waals surface area contributed by atoms with Crippen molar-refractivity contribution in [3.63, 3.8) is 0 Å². The number of hydrogen-bond acceptors (Lipinski definition) is 2. The van der Waals surface area contributed by atoms with Crippen molar-refractivity contribution in [1.82, 2.24) is 14.9 Å². The predicted octanol–water partition coefficient (Wildman–Crippen LogP) is 1.10. The van der Waals surface area contributed by atoms with Gasteiger partial charge in [0.2, 0.25) is 0 Å². The fourth-order valence-electron chi connectivity index (χ4n) is 1.73. The van der Waals surface area contributed by atoms with Crippen LogP contribution in [-0.2, 0) is 6.42 Å². The summed E-state index contributed by atoms with van der Waals surface area (Å²) in [6, 6.07) is 0.981. The minimum absolute atomic E-state index is 0.277. The lowest BCUT2D eigenvalue weighted by atomic mass is 10.1. The third kappa shape index (κ3) is 1.99. The van der Waals surface area contributed by atoms with E-state index in [4.69, 9.17) is 0 Å². The molecule has 5 heteroatoms. The Kier molecular flexibility index (Phi) is 2.78. The van der Waals surface area contributed by atoms with Gasteiger partial charge in [0.15, 0.2) is 11.4 Å². The van der Waals surface area contributed by atoms with Crippen LogP contribution in [0, 0.1) is 5.95 Å². The minimum atomic E-state index is -0.612. The molecule has 16 heavy (non-hydrogen) atoms. The molecule has 0 radical (unpaired) electrons. The van der Waals surface area contributed by atoms with Gasteiger partial charge in [-0.25, -0.2) is 0 Å². The van der Waals surface area contributed by atoms with Crippen LogP contribution < -0.4 is 5.43 Å². The Balaban J connectivity index is 2.44. The molecule has 4 nitrogen and oxygen atoms in total. The molecule has 86 valence electrons. The molecule has 2 aromatic rings. The number of aromatic amines is 2. The van der Waals surface area contributed by atoms with Crippen molar-refractivity contribution >= 4 is 11.0 Å². The molecule has 0 aliphatic rings. The number of rotatable bonds is 3. The zero-order chi connectivity index (χ0) is 11.7. The van der Waals surface area contributed by atoms with Crippen molar-refractivity contribution < 1.29 is 4.39 Å². The highest BCUT2D eigenvalue weighted by Crippen LogP contribution is 2.13. The van der Waals surface area contributed by atoms with Gasteiger partial charge < -0.3 is 14.9 Å². The van der Waals surface area contributed by atoms with Gasteiger partial charge in [-0.05, 0) is 26.1 Å². The Morgan fingerprint density at radius 3 is 2.88 bits per heavy atom. The average Bonchev–Trinajstić information content (AvgIpc) is 2.57. The van der Waals surface area contributed by atoms with E-state index >= 15 is 0 Å². The maximum absolute atomic E-state index is 12.9. The van der Waals surface area contributed by atoms with Gasteiger partial charge in [0.1, 0.15) is 5.65 Å². The van der Waals surface area contributed by atoms with Gasteiger partial charge in [-0.2, -0.15) is 4.39 Å². The second-order valence-electron chi connectivity index (χ2n) is 4.10. The molecule has 0 aliphatic heterocycles. The van der Waals surface area contributed by atoms with Gasteiger partial charge in [0.25, 0.3) is 0 Å². The standard InChI is InChI=1S/C11H14FN3O/c1-15(2)4-3-7-6-13-11-10(7)8(16)5-9(12)14-11/h5-6H,3-4H2,1-2H3,(H2,13,14,16). The third-order valence-electron chi connectivity index (χ3n) is 2.54. The number of fused-ring (bicyclic) bond motifs is 1. The number of pyridine rings is 1. The van der Waals surface area contributed by atoms with Crippen molar-refractivity contribution in [2.45, 2.75) is 6.42 Å². The highest BCUT2D eigenvalue weighted by molar-refractivity contribution is 5.79. The van der Waals surface area contributed by atoms with Gasteiger partial charge in [-0.1, -0.05) is 0 Å². The summed E-state index contributed by atoms with van der Waals surface area (Å²) in [5.74, 6) is -0.612. The molecule has 0 spiro atoms. The molecule has 0 fully saturated rings. The SMILES string of the molecule is CN(C)CCc1c[nH]c2[nH]c(F)cc(=O)c12. The number of halogens is 1. The maximum Gasteiger partial charge on any atom is 0.196 e. The smallest absolute Gasteiger partial charge is 0.196 e. The average molecular weight is 223 g/mol. The van der Waals surface area contributed by atoms with E-state index in [-0.39, 0.29) is 5.43 Å². The molecule has 2 N–H and O–H groups in total. The molecule has 0 unspecified atom stereocenters.